The molecule has 2 nitrogen and oxygen atoms in total. The summed E-state index contributed by atoms with van der Waals surface area (Å²) < 4.78 is 5.23. The first-order valence-corrected chi connectivity index (χ1v) is 3.79. The lowest BCUT2D eigenvalue weighted by atomic mass is 10.3. The van der Waals surface area contributed by atoms with Gasteiger partial charge in [-0.1, -0.05) is 11.6 Å². The number of ether oxygens (including phenoxy) is 1. The van der Waals surface area contributed by atoms with E-state index in [2.05, 4.69) is 0 Å². The molecule has 0 aliphatic carbocycles. The van der Waals surface area contributed by atoms with Crippen LogP contribution in [0.3, 0.4) is 0 Å². The third kappa shape index (κ3) is 2.78. The first-order chi connectivity index (χ1) is 5.33. The second kappa shape index (κ2) is 4.21. The quantitative estimate of drug-likeness (QED) is 0.751. The van der Waals surface area contributed by atoms with Gasteiger partial charge in [-0.15, -0.1) is 0 Å². The molecule has 3 heteroatoms. The lowest BCUT2D eigenvalue weighted by Crippen LogP contribution is -2.10. The van der Waals surface area contributed by atoms with Gasteiger partial charge >= 0.3 is 0 Å². The van der Waals surface area contributed by atoms with Crippen LogP contribution in [0.25, 0.3) is 0 Å². The van der Waals surface area contributed by atoms with E-state index in [1.165, 1.54) is 0 Å². The smallest absolute Gasteiger partial charge is 0.119 e. The molecule has 0 saturated carbocycles. The summed E-state index contributed by atoms with van der Waals surface area (Å²) in [4.78, 5) is 0. The molecule has 2 N–H and O–H groups in total. The van der Waals surface area contributed by atoms with Crippen LogP contribution in [0.15, 0.2) is 24.3 Å². The zero-order valence-electron chi connectivity index (χ0n) is 6.09. The summed E-state index contributed by atoms with van der Waals surface area (Å²) in [5.41, 5.74) is 5.26. The molecule has 0 aliphatic rings. The molecular formula is C8H10ClNO. The van der Waals surface area contributed by atoms with Crippen LogP contribution in [-0.4, -0.2) is 13.2 Å². The van der Waals surface area contributed by atoms with Gasteiger partial charge in [0.05, 0.1) is 0 Å². The number of benzene rings is 1. The molecule has 0 aliphatic heterocycles. The summed E-state index contributed by atoms with van der Waals surface area (Å²) in [6, 6.07) is 7.21. The molecule has 1 aromatic rings. The third-order valence-electron chi connectivity index (χ3n) is 1.20. The van der Waals surface area contributed by atoms with E-state index >= 15 is 0 Å². The first-order valence-electron chi connectivity index (χ1n) is 3.41. The van der Waals surface area contributed by atoms with Crippen molar-refractivity contribution >= 4 is 11.6 Å². The van der Waals surface area contributed by atoms with Crippen LogP contribution in [0.2, 0.25) is 5.02 Å². The maximum Gasteiger partial charge on any atom is 0.119 e. The fourth-order valence-electron chi connectivity index (χ4n) is 0.708. The van der Waals surface area contributed by atoms with Gasteiger partial charge in [0.1, 0.15) is 12.4 Å². The fraction of sp³-hybridized carbons (Fsp3) is 0.250. The van der Waals surface area contributed by atoms with Crippen LogP contribution in [0.1, 0.15) is 0 Å². The molecule has 0 atom stereocenters. The first kappa shape index (κ1) is 8.37. The molecule has 1 aromatic carbocycles. The van der Waals surface area contributed by atoms with Gasteiger partial charge in [-0.05, 0) is 24.3 Å². The SMILES string of the molecule is NCCOc1ccc(Cl)cc1. The Labute approximate surface area is 70.9 Å². The van der Waals surface area contributed by atoms with E-state index in [0.717, 1.165) is 5.75 Å². The standard InChI is InChI=1S/C8H10ClNO/c9-7-1-3-8(4-2-7)11-6-5-10/h1-4H,5-6,10H2. The Hall–Kier alpha value is -0.730. The molecule has 11 heavy (non-hydrogen) atoms. The lowest BCUT2D eigenvalue weighted by molar-refractivity contribution is 0.328. The van der Waals surface area contributed by atoms with Gasteiger partial charge in [0.15, 0.2) is 0 Å². The van der Waals surface area contributed by atoms with Crippen molar-refractivity contribution in [2.75, 3.05) is 13.2 Å². The van der Waals surface area contributed by atoms with Crippen molar-refractivity contribution in [2.45, 2.75) is 0 Å². The molecule has 0 bridgehead atoms. The molecule has 0 heterocycles. The van der Waals surface area contributed by atoms with Gasteiger partial charge in [-0.25, -0.2) is 0 Å². The zero-order valence-corrected chi connectivity index (χ0v) is 6.84. The maximum atomic E-state index is 5.67. The van der Waals surface area contributed by atoms with E-state index in [9.17, 15) is 0 Å². The predicted octanol–water partition coefficient (Wildman–Crippen LogP) is 1.68. The Bertz CT molecular complexity index is 210. The van der Waals surface area contributed by atoms with Gasteiger partial charge in [-0.2, -0.15) is 0 Å². The Morgan fingerprint density at radius 3 is 2.45 bits per heavy atom. The Balaban J connectivity index is 2.52. The Kier molecular flexibility index (Phi) is 3.20. The molecule has 60 valence electrons. The highest BCUT2D eigenvalue weighted by molar-refractivity contribution is 6.30. The van der Waals surface area contributed by atoms with Crippen LogP contribution < -0.4 is 10.5 Å². The topological polar surface area (TPSA) is 35.2 Å². The minimum atomic E-state index is 0.530. The lowest BCUT2D eigenvalue weighted by Gasteiger charge is -2.02. The summed E-state index contributed by atoms with van der Waals surface area (Å²) in [5, 5.41) is 0.713. The molecule has 0 fully saturated rings. The zero-order chi connectivity index (χ0) is 8.10. The van der Waals surface area contributed by atoms with E-state index < -0.39 is 0 Å². The van der Waals surface area contributed by atoms with E-state index in [-0.39, 0.29) is 0 Å². The summed E-state index contributed by atoms with van der Waals surface area (Å²) in [7, 11) is 0. The van der Waals surface area contributed by atoms with Crippen LogP contribution >= 0.6 is 11.6 Å². The molecule has 0 aromatic heterocycles. The number of hydrogen-bond acceptors (Lipinski definition) is 2. The average Bonchev–Trinajstić information content (AvgIpc) is 2.04. The highest BCUT2D eigenvalue weighted by atomic mass is 35.5. The van der Waals surface area contributed by atoms with Crippen LogP contribution in [-0.2, 0) is 0 Å². The van der Waals surface area contributed by atoms with Crippen molar-refractivity contribution < 1.29 is 4.74 Å². The summed E-state index contributed by atoms with van der Waals surface area (Å²) in [5.74, 6) is 0.805. The molecule has 0 radical (unpaired) electrons. The Morgan fingerprint density at radius 1 is 1.27 bits per heavy atom. The van der Waals surface area contributed by atoms with E-state index in [1.54, 1.807) is 12.1 Å². The summed E-state index contributed by atoms with van der Waals surface area (Å²) >= 11 is 5.67. The minimum Gasteiger partial charge on any atom is -0.492 e. The molecule has 0 saturated heterocycles. The van der Waals surface area contributed by atoms with Crippen molar-refractivity contribution in [1.29, 1.82) is 0 Å². The molecule has 0 amide bonds. The number of nitrogens with two attached hydrogens (primary N) is 1. The fourth-order valence-corrected chi connectivity index (χ4v) is 0.834. The molecule has 1 rings (SSSR count). The average molecular weight is 172 g/mol. The predicted molar refractivity (Wildman–Crippen MR) is 46.0 cm³/mol. The highest BCUT2D eigenvalue weighted by Gasteiger charge is 1.90. The summed E-state index contributed by atoms with van der Waals surface area (Å²) in [6.45, 7) is 1.07. The van der Waals surface area contributed by atoms with Crippen LogP contribution in [0, 0.1) is 0 Å². The molecule has 0 unspecified atom stereocenters. The van der Waals surface area contributed by atoms with Gasteiger partial charge in [0, 0.05) is 11.6 Å². The number of rotatable bonds is 3. The minimum absolute atomic E-state index is 0.530. The van der Waals surface area contributed by atoms with Gasteiger partial charge in [0.25, 0.3) is 0 Å². The molecule has 0 spiro atoms. The molecular weight excluding hydrogens is 162 g/mol. The summed E-state index contributed by atoms with van der Waals surface area (Å²) in [6.07, 6.45) is 0. The monoisotopic (exact) mass is 171 g/mol. The highest BCUT2D eigenvalue weighted by Crippen LogP contribution is 2.14. The van der Waals surface area contributed by atoms with Crippen molar-refractivity contribution in [3.8, 4) is 5.75 Å². The van der Waals surface area contributed by atoms with Crippen molar-refractivity contribution in [2.24, 2.45) is 5.73 Å². The van der Waals surface area contributed by atoms with Crippen molar-refractivity contribution in [1.82, 2.24) is 0 Å². The van der Waals surface area contributed by atoms with Gasteiger partial charge in [-0.3, -0.25) is 0 Å². The van der Waals surface area contributed by atoms with E-state index in [1.807, 2.05) is 12.1 Å². The van der Waals surface area contributed by atoms with Crippen LogP contribution in [0.4, 0.5) is 0 Å². The largest absolute Gasteiger partial charge is 0.492 e. The normalized spacial score (nSPS) is 9.64. The number of halogens is 1. The second-order valence-corrected chi connectivity index (χ2v) is 2.53. The van der Waals surface area contributed by atoms with E-state index in [0.29, 0.717) is 18.2 Å². The third-order valence-corrected chi connectivity index (χ3v) is 1.45. The van der Waals surface area contributed by atoms with Gasteiger partial charge in [0.2, 0.25) is 0 Å². The van der Waals surface area contributed by atoms with Crippen molar-refractivity contribution in [3.05, 3.63) is 29.3 Å². The van der Waals surface area contributed by atoms with E-state index in [4.69, 9.17) is 22.1 Å². The Morgan fingerprint density at radius 2 is 1.91 bits per heavy atom. The van der Waals surface area contributed by atoms with Crippen LogP contribution in [0.5, 0.6) is 5.75 Å². The van der Waals surface area contributed by atoms with Gasteiger partial charge < -0.3 is 10.5 Å². The maximum absolute atomic E-state index is 5.67. The number of hydrogen-bond donors (Lipinski definition) is 1. The van der Waals surface area contributed by atoms with Crippen molar-refractivity contribution in [3.63, 3.8) is 0 Å². The second-order valence-electron chi connectivity index (χ2n) is 2.09.